The lowest BCUT2D eigenvalue weighted by Gasteiger charge is -2.12. The summed E-state index contributed by atoms with van der Waals surface area (Å²) in [5.74, 6) is 0.0658. The molecule has 0 fully saturated rings. The van der Waals surface area contributed by atoms with Crippen molar-refractivity contribution in [1.29, 1.82) is 0 Å². The van der Waals surface area contributed by atoms with Crippen LogP contribution in [0.3, 0.4) is 0 Å². The molecule has 1 atom stereocenters. The number of benzene rings is 2. The molecule has 0 amide bonds. The Morgan fingerprint density at radius 2 is 1.83 bits per heavy atom. The molecule has 0 radical (unpaired) electrons. The molecule has 0 saturated heterocycles. The smallest absolute Gasteiger partial charge is 0.214 e. The number of carbonyl (C=O) groups is 1. The van der Waals surface area contributed by atoms with Gasteiger partial charge in [-0.1, -0.05) is 54.2 Å². The maximum atomic E-state index is 12.5. The van der Waals surface area contributed by atoms with Gasteiger partial charge in [0.15, 0.2) is 5.78 Å². The predicted octanol–water partition coefficient (Wildman–Crippen LogP) is 3.64. The van der Waals surface area contributed by atoms with E-state index < -0.39 is 0 Å². The van der Waals surface area contributed by atoms with Crippen molar-refractivity contribution in [2.45, 2.75) is 31.2 Å². The van der Waals surface area contributed by atoms with Gasteiger partial charge in [0.25, 0.3) is 0 Å². The van der Waals surface area contributed by atoms with Crippen LogP contribution in [0.2, 0.25) is 0 Å². The first kappa shape index (κ1) is 16.4. The van der Waals surface area contributed by atoms with E-state index in [1.165, 1.54) is 17.3 Å². The molecule has 3 rings (SSSR count). The van der Waals surface area contributed by atoms with Gasteiger partial charge in [-0.25, -0.2) is 0 Å². The van der Waals surface area contributed by atoms with Crippen LogP contribution in [0.4, 0.5) is 0 Å². The first-order valence-corrected chi connectivity index (χ1v) is 8.57. The van der Waals surface area contributed by atoms with Gasteiger partial charge in [0, 0.05) is 5.56 Å². The molecule has 122 valence electrons. The number of nitrogens with zero attached hydrogens (tertiary/aromatic N) is 4. The van der Waals surface area contributed by atoms with Gasteiger partial charge in [-0.15, -0.1) is 5.10 Å². The molecular weight excluding hydrogens is 320 g/mol. The Hall–Kier alpha value is -2.47. The number of hydrogen-bond acceptors (Lipinski definition) is 5. The number of aromatic nitrogens is 4. The van der Waals surface area contributed by atoms with Crippen molar-refractivity contribution in [3.05, 3.63) is 65.2 Å². The molecular formula is C18H18N4OS. The average Bonchev–Trinajstić information content (AvgIpc) is 3.05. The van der Waals surface area contributed by atoms with E-state index in [1.807, 2.05) is 56.3 Å². The molecule has 0 spiro atoms. The monoisotopic (exact) mass is 338 g/mol. The molecule has 0 bridgehead atoms. The Bertz CT molecular complexity index is 860. The van der Waals surface area contributed by atoms with E-state index in [4.69, 9.17) is 0 Å². The molecule has 0 aliphatic rings. The standard InChI is InChI=1S/C18H18N4OS/c1-12-8-7-11-16(13(12)2)22-18(19-20-21-22)24-14(3)17(23)15-9-5-4-6-10-15/h4-11,14H,1-3H3. The lowest BCUT2D eigenvalue weighted by atomic mass is 10.1. The maximum Gasteiger partial charge on any atom is 0.214 e. The third-order valence-electron chi connectivity index (χ3n) is 3.95. The Morgan fingerprint density at radius 3 is 2.58 bits per heavy atom. The molecule has 3 aromatic rings. The van der Waals surface area contributed by atoms with Crippen LogP contribution in [0, 0.1) is 13.8 Å². The van der Waals surface area contributed by atoms with Crippen molar-refractivity contribution in [2.75, 3.05) is 0 Å². The molecule has 2 aromatic carbocycles. The number of ketones is 1. The van der Waals surface area contributed by atoms with Crippen molar-refractivity contribution in [1.82, 2.24) is 20.2 Å². The summed E-state index contributed by atoms with van der Waals surface area (Å²) in [6.45, 7) is 5.97. The molecule has 1 heterocycles. The summed E-state index contributed by atoms with van der Waals surface area (Å²) in [4.78, 5) is 12.5. The average molecular weight is 338 g/mol. The second kappa shape index (κ2) is 6.97. The fourth-order valence-corrected chi connectivity index (χ4v) is 3.30. The van der Waals surface area contributed by atoms with Gasteiger partial charge in [0.2, 0.25) is 5.16 Å². The van der Waals surface area contributed by atoms with Gasteiger partial charge in [-0.2, -0.15) is 4.68 Å². The van der Waals surface area contributed by atoms with Crippen molar-refractivity contribution in [3.8, 4) is 5.69 Å². The Kier molecular flexibility index (Phi) is 4.76. The predicted molar refractivity (Wildman–Crippen MR) is 94.7 cm³/mol. The molecule has 6 heteroatoms. The van der Waals surface area contributed by atoms with Crippen molar-refractivity contribution in [2.24, 2.45) is 0 Å². The Balaban J connectivity index is 1.86. The van der Waals surface area contributed by atoms with E-state index in [-0.39, 0.29) is 11.0 Å². The highest BCUT2D eigenvalue weighted by Gasteiger charge is 2.21. The van der Waals surface area contributed by atoms with E-state index in [9.17, 15) is 4.79 Å². The minimum atomic E-state index is -0.276. The third kappa shape index (κ3) is 3.23. The summed E-state index contributed by atoms with van der Waals surface area (Å²) in [6, 6.07) is 15.3. The highest BCUT2D eigenvalue weighted by molar-refractivity contribution is 8.00. The number of Topliss-reactive ketones (excluding diaryl/α,β-unsaturated/α-hetero) is 1. The molecule has 0 aliphatic carbocycles. The van der Waals surface area contributed by atoms with Gasteiger partial charge in [0.1, 0.15) is 0 Å². The topological polar surface area (TPSA) is 60.7 Å². The minimum absolute atomic E-state index is 0.0658. The van der Waals surface area contributed by atoms with Gasteiger partial charge >= 0.3 is 0 Å². The van der Waals surface area contributed by atoms with Gasteiger partial charge in [-0.3, -0.25) is 4.79 Å². The van der Waals surface area contributed by atoms with E-state index in [2.05, 4.69) is 28.5 Å². The summed E-state index contributed by atoms with van der Waals surface area (Å²) in [6.07, 6.45) is 0. The fourth-order valence-electron chi connectivity index (χ4n) is 2.42. The van der Waals surface area contributed by atoms with Crippen LogP contribution in [-0.4, -0.2) is 31.2 Å². The molecule has 1 unspecified atom stereocenters. The summed E-state index contributed by atoms with van der Waals surface area (Å²) in [5.41, 5.74) is 3.92. The van der Waals surface area contributed by atoms with Crippen molar-refractivity contribution >= 4 is 17.5 Å². The zero-order valence-corrected chi connectivity index (χ0v) is 14.6. The normalized spacial score (nSPS) is 12.1. The first-order chi connectivity index (χ1) is 11.6. The van der Waals surface area contributed by atoms with Crippen LogP contribution < -0.4 is 0 Å². The lowest BCUT2D eigenvalue weighted by molar-refractivity contribution is 0.0994. The number of thioether (sulfide) groups is 1. The molecule has 5 nitrogen and oxygen atoms in total. The SMILES string of the molecule is Cc1cccc(-n2nnnc2SC(C)C(=O)c2ccccc2)c1C. The number of carbonyl (C=O) groups excluding carboxylic acids is 1. The number of rotatable bonds is 5. The molecule has 24 heavy (non-hydrogen) atoms. The molecule has 0 N–H and O–H groups in total. The summed E-state index contributed by atoms with van der Waals surface area (Å²) in [5, 5.41) is 12.3. The lowest BCUT2D eigenvalue weighted by Crippen LogP contribution is -2.14. The first-order valence-electron chi connectivity index (χ1n) is 7.69. The van der Waals surface area contributed by atoms with E-state index in [1.54, 1.807) is 4.68 Å². The third-order valence-corrected chi connectivity index (χ3v) is 4.99. The van der Waals surface area contributed by atoms with Gasteiger partial charge in [-0.05, 0) is 48.4 Å². The van der Waals surface area contributed by atoms with Crippen LogP contribution in [0.15, 0.2) is 53.7 Å². The maximum absolute atomic E-state index is 12.5. The second-order valence-electron chi connectivity index (χ2n) is 5.58. The Morgan fingerprint density at radius 1 is 1.08 bits per heavy atom. The second-order valence-corrected chi connectivity index (χ2v) is 6.89. The van der Waals surface area contributed by atoms with Crippen LogP contribution in [0.5, 0.6) is 0 Å². The zero-order chi connectivity index (χ0) is 17.1. The van der Waals surface area contributed by atoms with Gasteiger partial charge < -0.3 is 0 Å². The Labute approximate surface area is 145 Å². The zero-order valence-electron chi connectivity index (χ0n) is 13.8. The van der Waals surface area contributed by atoms with Crippen LogP contribution >= 0.6 is 11.8 Å². The largest absolute Gasteiger partial charge is 0.293 e. The van der Waals surface area contributed by atoms with E-state index >= 15 is 0 Å². The fraction of sp³-hybridized carbons (Fsp3) is 0.222. The highest BCUT2D eigenvalue weighted by atomic mass is 32.2. The van der Waals surface area contributed by atoms with Crippen LogP contribution in [0.25, 0.3) is 5.69 Å². The molecule has 0 saturated carbocycles. The summed E-state index contributed by atoms with van der Waals surface area (Å²) >= 11 is 1.37. The number of aryl methyl sites for hydroxylation is 1. The quantitative estimate of drug-likeness (QED) is 0.525. The van der Waals surface area contributed by atoms with Crippen LogP contribution in [-0.2, 0) is 0 Å². The number of tetrazole rings is 1. The van der Waals surface area contributed by atoms with E-state index in [0.717, 1.165) is 11.3 Å². The van der Waals surface area contributed by atoms with Crippen LogP contribution in [0.1, 0.15) is 28.4 Å². The molecule has 1 aromatic heterocycles. The van der Waals surface area contributed by atoms with Crippen molar-refractivity contribution < 1.29 is 4.79 Å². The van der Waals surface area contributed by atoms with E-state index in [0.29, 0.717) is 10.7 Å². The summed E-state index contributed by atoms with van der Waals surface area (Å²) in [7, 11) is 0. The minimum Gasteiger partial charge on any atom is -0.293 e. The number of hydrogen-bond donors (Lipinski definition) is 0. The van der Waals surface area contributed by atoms with Crippen molar-refractivity contribution in [3.63, 3.8) is 0 Å². The highest BCUT2D eigenvalue weighted by Crippen LogP contribution is 2.27. The van der Waals surface area contributed by atoms with Gasteiger partial charge in [0.05, 0.1) is 10.9 Å². The summed E-state index contributed by atoms with van der Waals surface area (Å²) < 4.78 is 1.70. The molecule has 0 aliphatic heterocycles.